The fraction of sp³-hybridized carbons (Fsp3) is 0.658. The number of carbonyl (C=O) groups excluding carboxylic acids is 3. The Kier molecular flexibility index (Phi) is 62.3. The van der Waals surface area contributed by atoms with Gasteiger partial charge < -0.3 is 14.2 Å². The fourth-order valence-electron chi connectivity index (χ4n) is 8.70. The first-order valence-electron chi connectivity index (χ1n) is 32.7. The van der Waals surface area contributed by atoms with Gasteiger partial charge in [0.2, 0.25) is 0 Å². The summed E-state index contributed by atoms with van der Waals surface area (Å²) in [5.74, 6) is -0.918. The van der Waals surface area contributed by atoms with E-state index in [-0.39, 0.29) is 31.1 Å². The lowest BCUT2D eigenvalue weighted by Gasteiger charge is -2.18. The number of esters is 3. The molecule has 6 heteroatoms. The second-order valence-corrected chi connectivity index (χ2v) is 21.3. The summed E-state index contributed by atoms with van der Waals surface area (Å²) in [4.78, 5) is 38.3. The van der Waals surface area contributed by atoms with Crippen LogP contribution >= 0.6 is 0 Å². The van der Waals surface area contributed by atoms with E-state index >= 15 is 0 Å². The molecule has 0 aliphatic carbocycles. The normalized spacial score (nSPS) is 13.0. The Balaban J connectivity index is 4.29. The minimum absolute atomic E-state index is 0.0920. The SMILES string of the molecule is CC/C=C\C/C=C\C/C=C\C/C=C\C/C=C\C/C=C\C/C=C\CCCCCCCCCCCC(=O)OCC(COC(=O)CCCCCCC/C=C\CCCC)OC(=O)CCCCCCCC/C=C\C/C=C\C/C=C\CCCCC. The molecule has 0 amide bonds. The Morgan fingerprint density at radius 1 is 0.266 bits per heavy atom. The molecule has 0 radical (unpaired) electrons. The molecule has 0 bridgehead atoms. The third kappa shape index (κ3) is 64.3. The second kappa shape index (κ2) is 66.1. The van der Waals surface area contributed by atoms with Crippen molar-refractivity contribution in [3.05, 3.63) is 134 Å². The molecule has 0 fully saturated rings. The molecule has 1 unspecified atom stereocenters. The van der Waals surface area contributed by atoms with Crippen LogP contribution in [0.25, 0.3) is 0 Å². The molecule has 6 nitrogen and oxygen atoms in total. The highest BCUT2D eigenvalue weighted by atomic mass is 16.6. The lowest BCUT2D eigenvalue weighted by Crippen LogP contribution is -2.30. The van der Waals surface area contributed by atoms with Crippen LogP contribution in [-0.2, 0) is 28.6 Å². The van der Waals surface area contributed by atoms with Crippen LogP contribution in [0, 0.1) is 0 Å². The molecule has 0 aromatic carbocycles. The minimum atomic E-state index is -0.796. The maximum Gasteiger partial charge on any atom is 0.306 e. The van der Waals surface area contributed by atoms with Crippen molar-refractivity contribution in [1.29, 1.82) is 0 Å². The van der Waals surface area contributed by atoms with Crippen LogP contribution in [0.1, 0.15) is 290 Å². The second-order valence-electron chi connectivity index (χ2n) is 21.3. The van der Waals surface area contributed by atoms with Crippen molar-refractivity contribution in [2.24, 2.45) is 0 Å². The topological polar surface area (TPSA) is 78.9 Å². The van der Waals surface area contributed by atoms with E-state index in [4.69, 9.17) is 14.2 Å². The van der Waals surface area contributed by atoms with E-state index < -0.39 is 6.10 Å². The molecule has 448 valence electrons. The molecule has 0 N–H and O–H groups in total. The first-order valence-corrected chi connectivity index (χ1v) is 32.7. The predicted molar refractivity (Wildman–Crippen MR) is 343 cm³/mol. The van der Waals surface area contributed by atoms with E-state index in [0.29, 0.717) is 19.3 Å². The third-order valence-electron chi connectivity index (χ3n) is 13.6. The number of ether oxygens (including phenoxy) is 3. The van der Waals surface area contributed by atoms with Gasteiger partial charge in [0.15, 0.2) is 6.10 Å². The lowest BCUT2D eigenvalue weighted by atomic mass is 10.1. The first-order chi connectivity index (χ1) is 39.0. The van der Waals surface area contributed by atoms with E-state index in [2.05, 4.69) is 154 Å². The van der Waals surface area contributed by atoms with Crippen LogP contribution in [-0.4, -0.2) is 37.2 Å². The Labute approximate surface area is 487 Å². The maximum atomic E-state index is 12.9. The zero-order valence-corrected chi connectivity index (χ0v) is 51.3. The van der Waals surface area contributed by atoms with Crippen LogP contribution in [0.3, 0.4) is 0 Å². The summed E-state index contributed by atoms with van der Waals surface area (Å²) in [6, 6.07) is 0. The van der Waals surface area contributed by atoms with Gasteiger partial charge in [-0.25, -0.2) is 0 Å². The molecular weight excluding hydrogens is 973 g/mol. The Morgan fingerprint density at radius 3 is 0.823 bits per heavy atom. The number of hydrogen-bond donors (Lipinski definition) is 0. The van der Waals surface area contributed by atoms with E-state index in [1.165, 1.54) is 103 Å². The van der Waals surface area contributed by atoms with Crippen molar-refractivity contribution in [2.45, 2.75) is 297 Å². The van der Waals surface area contributed by atoms with Crippen LogP contribution in [0.4, 0.5) is 0 Å². The smallest absolute Gasteiger partial charge is 0.306 e. The van der Waals surface area contributed by atoms with Crippen LogP contribution in [0.15, 0.2) is 134 Å². The highest BCUT2D eigenvalue weighted by Crippen LogP contribution is 2.15. The standard InChI is InChI=1S/C73H120O6/c1-4-7-10-13-16-19-22-24-26-28-30-31-32-33-34-35-36-37-38-39-40-41-43-44-46-48-51-54-57-60-63-66-72(75)78-69-70(68-77-71(74)65-62-59-56-53-50-21-18-15-12-9-6-3)79-73(76)67-64-61-58-55-52-49-47-45-42-29-27-25-23-20-17-14-11-8-5-2/h7,10,15-20,24-27,30-31,33-34,36-37,39-40,42,45,70H,4-6,8-9,11-14,21-23,28-29,32,35,38,41,43-44,46-69H2,1-3H3/b10-7-,18-15-,19-16-,20-17-,26-24-,27-25-,31-30-,34-33-,37-36-,40-39-,45-42-. The summed E-state index contributed by atoms with van der Waals surface area (Å²) >= 11 is 0. The Bertz CT molecular complexity index is 1680. The van der Waals surface area contributed by atoms with Gasteiger partial charge in [-0.05, 0) is 135 Å². The minimum Gasteiger partial charge on any atom is -0.462 e. The molecule has 0 aromatic rings. The Morgan fingerprint density at radius 2 is 0.506 bits per heavy atom. The van der Waals surface area contributed by atoms with Crippen LogP contribution in [0.5, 0.6) is 0 Å². The molecule has 0 saturated carbocycles. The van der Waals surface area contributed by atoms with Gasteiger partial charge in [0.25, 0.3) is 0 Å². The molecule has 0 heterocycles. The molecular formula is C73H120O6. The summed E-state index contributed by atoms with van der Waals surface area (Å²) in [5, 5.41) is 0. The van der Waals surface area contributed by atoms with E-state index in [1.54, 1.807) is 0 Å². The van der Waals surface area contributed by atoms with Gasteiger partial charge in [0.1, 0.15) is 13.2 Å². The van der Waals surface area contributed by atoms with Crippen molar-refractivity contribution >= 4 is 17.9 Å². The Hall–Kier alpha value is -4.45. The quantitative estimate of drug-likeness (QED) is 0.0261. The highest BCUT2D eigenvalue weighted by Gasteiger charge is 2.19. The van der Waals surface area contributed by atoms with Crippen molar-refractivity contribution in [2.75, 3.05) is 13.2 Å². The highest BCUT2D eigenvalue weighted by molar-refractivity contribution is 5.71. The molecule has 0 aliphatic rings. The van der Waals surface area contributed by atoms with Crippen molar-refractivity contribution in [3.63, 3.8) is 0 Å². The third-order valence-corrected chi connectivity index (χ3v) is 13.6. The molecule has 1 atom stereocenters. The summed E-state index contributed by atoms with van der Waals surface area (Å²) in [6.07, 6.45) is 93.2. The molecule has 0 rings (SSSR count). The van der Waals surface area contributed by atoms with E-state index in [1.807, 2.05) is 0 Å². The van der Waals surface area contributed by atoms with Crippen LogP contribution < -0.4 is 0 Å². The van der Waals surface area contributed by atoms with Crippen molar-refractivity contribution in [3.8, 4) is 0 Å². The summed E-state index contributed by atoms with van der Waals surface area (Å²) < 4.78 is 16.9. The molecule has 0 spiro atoms. The summed E-state index contributed by atoms with van der Waals surface area (Å²) in [6.45, 7) is 6.44. The van der Waals surface area contributed by atoms with Crippen LogP contribution in [0.2, 0.25) is 0 Å². The van der Waals surface area contributed by atoms with Crippen molar-refractivity contribution < 1.29 is 28.6 Å². The summed E-state index contributed by atoms with van der Waals surface area (Å²) in [5.41, 5.74) is 0. The van der Waals surface area contributed by atoms with E-state index in [0.717, 1.165) is 148 Å². The molecule has 0 aliphatic heterocycles. The molecule has 79 heavy (non-hydrogen) atoms. The number of unbranched alkanes of at least 4 members (excludes halogenated alkanes) is 25. The molecule has 0 saturated heterocycles. The maximum absolute atomic E-state index is 12.9. The largest absolute Gasteiger partial charge is 0.462 e. The van der Waals surface area contributed by atoms with E-state index in [9.17, 15) is 14.4 Å². The van der Waals surface area contributed by atoms with Gasteiger partial charge in [-0.3, -0.25) is 14.4 Å². The van der Waals surface area contributed by atoms with Gasteiger partial charge in [-0.15, -0.1) is 0 Å². The monoisotopic (exact) mass is 1090 g/mol. The number of carbonyl (C=O) groups is 3. The number of rotatable bonds is 58. The average molecular weight is 1090 g/mol. The zero-order valence-electron chi connectivity index (χ0n) is 51.3. The first kappa shape index (κ1) is 74.5. The van der Waals surface area contributed by atoms with Gasteiger partial charge in [-0.1, -0.05) is 270 Å². The average Bonchev–Trinajstić information content (AvgIpc) is 3.45. The van der Waals surface area contributed by atoms with Gasteiger partial charge in [-0.2, -0.15) is 0 Å². The predicted octanol–water partition coefficient (Wildman–Crippen LogP) is 22.5. The number of allylic oxidation sites excluding steroid dienone is 22. The summed E-state index contributed by atoms with van der Waals surface area (Å²) in [7, 11) is 0. The van der Waals surface area contributed by atoms with Gasteiger partial charge >= 0.3 is 17.9 Å². The molecule has 0 aromatic heterocycles. The lowest BCUT2D eigenvalue weighted by molar-refractivity contribution is -0.167. The fourth-order valence-corrected chi connectivity index (χ4v) is 8.70. The zero-order chi connectivity index (χ0) is 57.1. The van der Waals surface area contributed by atoms with Crippen molar-refractivity contribution in [1.82, 2.24) is 0 Å². The van der Waals surface area contributed by atoms with Gasteiger partial charge in [0, 0.05) is 19.3 Å². The van der Waals surface area contributed by atoms with Gasteiger partial charge in [0.05, 0.1) is 0 Å². The number of hydrogen-bond acceptors (Lipinski definition) is 6.